The average molecular weight is 575 g/mol. The number of rotatable bonds is 6. The van der Waals surface area contributed by atoms with Gasteiger partial charge in [-0.05, 0) is 66.8 Å². The summed E-state index contributed by atoms with van der Waals surface area (Å²) >= 11 is 0. The standard InChI is InChI=1S/C31H28F2N4O3S/c1-21-12-29-23(18-34-37(29)26-8-9-30(38)35(2)19-26)13-28(21)31(17-22-6-4-3-5-7-22)10-11-36(20-31)41(39,40)27-15-24(32)14-25(33)16-27/h3-9,12-16,18-19H,10-11,17,20H2,1-2H3. The number of nitrogens with zero attached hydrogens (tertiary/aromatic N) is 4. The smallest absolute Gasteiger partial charge is 0.250 e. The van der Waals surface area contributed by atoms with Crippen LogP contribution >= 0.6 is 0 Å². The van der Waals surface area contributed by atoms with Gasteiger partial charge in [-0.25, -0.2) is 21.9 Å². The monoisotopic (exact) mass is 574 g/mol. The molecule has 1 aliphatic rings. The number of hydrogen-bond donors (Lipinski definition) is 0. The highest BCUT2D eigenvalue weighted by atomic mass is 32.2. The van der Waals surface area contributed by atoms with Gasteiger partial charge < -0.3 is 4.57 Å². The molecule has 0 bridgehead atoms. The summed E-state index contributed by atoms with van der Waals surface area (Å²) in [7, 11) is -2.45. The Morgan fingerprint density at radius 2 is 1.71 bits per heavy atom. The highest BCUT2D eigenvalue weighted by Gasteiger charge is 2.45. The van der Waals surface area contributed by atoms with Crippen LogP contribution in [-0.4, -0.2) is 40.2 Å². The number of benzene rings is 3. The Bertz CT molecular complexity index is 1930. The minimum atomic E-state index is -4.14. The average Bonchev–Trinajstić information content (AvgIpc) is 3.55. The lowest BCUT2D eigenvalue weighted by atomic mass is 9.73. The summed E-state index contributed by atoms with van der Waals surface area (Å²) in [5.74, 6) is -1.87. The van der Waals surface area contributed by atoms with Crippen molar-refractivity contribution < 1.29 is 17.2 Å². The van der Waals surface area contributed by atoms with Gasteiger partial charge in [0.2, 0.25) is 15.6 Å². The molecule has 41 heavy (non-hydrogen) atoms. The van der Waals surface area contributed by atoms with Crippen molar-refractivity contribution in [2.75, 3.05) is 13.1 Å². The van der Waals surface area contributed by atoms with E-state index in [1.54, 1.807) is 30.2 Å². The Morgan fingerprint density at radius 1 is 0.976 bits per heavy atom. The van der Waals surface area contributed by atoms with Crippen LogP contribution in [0.1, 0.15) is 23.1 Å². The van der Waals surface area contributed by atoms with E-state index in [-0.39, 0.29) is 18.6 Å². The molecule has 0 radical (unpaired) electrons. The molecule has 3 heterocycles. The van der Waals surface area contributed by atoms with Gasteiger partial charge in [-0.2, -0.15) is 9.40 Å². The van der Waals surface area contributed by atoms with Gasteiger partial charge in [0.1, 0.15) is 11.6 Å². The zero-order chi connectivity index (χ0) is 28.9. The van der Waals surface area contributed by atoms with E-state index in [4.69, 9.17) is 0 Å². The Balaban J connectivity index is 1.45. The van der Waals surface area contributed by atoms with Crippen molar-refractivity contribution in [2.24, 2.45) is 7.05 Å². The van der Waals surface area contributed by atoms with Crippen LogP contribution in [0.2, 0.25) is 0 Å². The summed E-state index contributed by atoms with van der Waals surface area (Å²) in [5, 5.41) is 5.46. The normalized spacial score (nSPS) is 17.9. The van der Waals surface area contributed by atoms with Gasteiger partial charge in [0, 0.05) is 49.3 Å². The molecule has 0 spiro atoms. The fourth-order valence-corrected chi connectivity index (χ4v) is 7.54. The maximum absolute atomic E-state index is 14.0. The van der Waals surface area contributed by atoms with Gasteiger partial charge in [0.25, 0.3) is 0 Å². The molecular weight excluding hydrogens is 546 g/mol. The fourth-order valence-electron chi connectivity index (χ4n) is 5.97. The van der Waals surface area contributed by atoms with Crippen LogP contribution in [0, 0.1) is 18.6 Å². The van der Waals surface area contributed by atoms with Crippen molar-refractivity contribution in [3.8, 4) is 5.69 Å². The molecule has 0 N–H and O–H groups in total. The van der Waals surface area contributed by atoms with Gasteiger partial charge >= 0.3 is 0 Å². The van der Waals surface area contributed by atoms with Crippen LogP contribution in [0.3, 0.4) is 0 Å². The summed E-state index contributed by atoms with van der Waals surface area (Å²) in [6.45, 7) is 2.37. The molecule has 1 aliphatic heterocycles. The number of sulfonamides is 1. The highest BCUT2D eigenvalue weighted by molar-refractivity contribution is 7.89. The molecular formula is C31H28F2N4O3S. The van der Waals surface area contributed by atoms with Gasteiger partial charge in [-0.3, -0.25) is 4.79 Å². The van der Waals surface area contributed by atoms with Crippen LogP contribution in [-0.2, 0) is 28.9 Å². The first-order chi connectivity index (χ1) is 19.6. The summed E-state index contributed by atoms with van der Waals surface area (Å²) in [6, 6.07) is 19.6. The SMILES string of the molecule is Cc1cc2c(cnn2-c2ccc(=O)n(C)c2)cc1C1(Cc2ccccc2)CCN(S(=O)(=O)c2cc(F)cc(F)c2)C1. The first kappa shape index (κ1) is 27.0. The third-order valence-corrected chi connectivity index (χ3v) is 9.80. The van der Waals surface area contributed by atoms with Crippen molar-refractivity contribution in [1.29, 1.82) is 0 Å². The number of fused-ring (bicyclic) bond motifs is 1. The molecule has 1 fully saturated rings. The Morgan fingerprint density at radius 3 is 2.41 bits per heavy atom. The second-order valence-corrected chi connectivity index (χ2v) is 12.7. The zero-order valence-corrected chi connectivity index (χ0v) is 23.4. The molecule has 1 atom stereocenters. The molecule has 210 valence electrons. The van der Waals surface area contributed by atoms with Crippen LogP contribution in [0.5, 0.6) is 0 Å². The number of hydrogen-bond acceptors (Lipinski definition) is 4. The first-order valence-electron chi connectivity index (χ1n) is 13.2. The largest absolute Gasteiger partial charge is 0.316 e. The van der Waals surface area contributed by atoms with Crippen molar-refractivity contribution in [1.82, 2.24) is 18.7 Å². The Kier molecular flexibility index (Phi) is 6.62. The van der Waals surface area contributed by atoms with Gasteiger partial charge in [-0.1, -0.05) is 30.3 Å². The van der Waals surface area contributed by atoms with Crippen molar-refractivity contribution in [3.05, 3.63) is 124 Å². The van der Waals surface area contributed by atoms with E-state index in [9.17, 15) is 22.0 Å². The summed E-state index contributed by atoms with van der Waals surface area (Å²) in [6.07, 6.45) is 4.60. The molecule has 7 nitrogen and oxygen atoms in total. The topological polar surface area (TPSA) is 77.2 Å². The van der Waals surface area contributed by atoms with Crippen LogP contribution in [0.25, 0.3) is 16.6 Å². The Labute approximate surface area is 236 Å². The van der Waals surface area contributed by atoms with E-state index in [0.29, 0.717) is 18.9 Å². The zero-order valence-electron chi connectivity index (χ0n) is 22.6. The van der Waals surface area contributed by atoms with Gasteiger partial charge in [0.15, 0.2) is 0 Å². The predicted octanol–water partition coefficient (Wildman–Crippen LogP) is 4.89. The summed E-state index contributed by atoms with van der Waals surface area (Å²) < 4.78 is 59.7. The van der Waals surface area contributed by atoms with E-state index in [1.165, 1.54) is 14.9 Å². The van der Waals surface area contributed by atoms with E-state index >= 15 is 0 Å². The van der Waals surface area contributed by atoms with Crippen molar-refractivity contribution in [3.63, 3.8) is 0 Å². The molecule has 0 aliphatic carbocycles. The summed E-state index contributed by atoms with van der Waals surface area (Å²) in [5.41, 5.74) is 3.92. The second-order valence-electron chi connectivity index (χ2n) is 10.8. The van der Waals surface area contributed by atoms with E-state index in [0.717, 1.165) is 45.4 Å². The quantitative estimate of drug-likeness (QED) is 0.290. The molecule has 10 heteroatoms. The Hall–Kier alpha value is -4.15. The maximum atomic E-state index is 14.0. The lowest BCUT2D eigenvalue weighted by Crippen LogP contribution is -2.36. The lowest BCUT2D eigenvalue weighted by molar-refractivity contribution is 0.413. The summed E-state index contributed by atoms with van der Waals surface area (Å²) in [4.78, 5) is 11.5. The van der Waals surface area contributed by atoms with Crippen LogP contribution < -0.4 is 5.56 Å². The van der Waals surface area contributed by atoms with Gasteiger partial charge in [-0.15, -0.1) is 0 Å². The molecule has 1 saturated heterocycles. The first-order valence-corrected chi connectivity index (χ1v) is 14.7. The fraction of sp³-hybridized carbons (Fsp3) is 0.226. The van der Waals surface area contributed by atoms with E-state index in [2.05, 4.69) is 11.2 Å². The molecule has 2 aromatic heterocycles. The van der Waals surface area contributed by atoms with Crippen molar-refractivity contribution in [2.45, 2.75) is 30.1 Å². The third-order valence-electron chi connectivity index (χ3n) is 7.98. The van der Waals surface area contributed by atoms with Crippen molar-refractivity contribution >= 4 is 20.9 Å². The number of aryl methyl sites for hydroxylation is 2. The second kappa shape index (κ2) is 10.0. The molecule has 6 rings (SSSR count). The molecule has 0 saturated carbocycles. The molecule has 1 unspecified atom stereocenters. The van der Waals surface area contributed by atoms with Crippen LogP contribution in [0.4, 0.5) is 8.78 Å². The number of pyridine rings is 1. The third kappa shape index (κ3) is 4.87. The molecule has 0 amide bonds. The predicted molar refractivity (Wildman–Crippen MR) is 153 cm³/mol. The lowest BCUT2D eigenvalue weighted by Gasteiger charge is -2.32. The van der Waals surface area contributed by atoms with Crippen LogP contribution in [0.15, 0.2) is 94.9 Å². The molecule has 5 aromatic rings. The number of aromatic nitrogens is 3. The maximum Gasteiger partial charge on any atom is 0.250 e. The highest BCUT2D eigenvalue weighted by Crippen LogP contribution is 2.42. The molecule has 3 aromatic carbocycles. The van der Waals surface area contributed by atoms with E-state index in [1.807, 2.05) is 43.3 Å². The number of halogens is 2. The van der Waals surface area contributed by atoms with Gasteiger partial charge in [0.05, 0.1) is 22.3 Å². The minimum Gasteiger partial charge on any atom is -0.316 e. The van der Waals surface area contributed by atoms with E-state index < -0.39 is 32.0 Å². The minimum absolute atomic E-state index is 0.117.